The largest absolute Gasteiger partial charge is 0.392 e. The number of hydrogen-bond donors (Lipinski definition) is 1. The molecule has 1 heterocycles. The molecule has 0 spiro atoms. The molecule has 0 aromatic carbocycles. The third-order valence-electron chi connectivity index (χ3n) is 2.87. The van der Waals surface area contributed by atoms with E-state index in [2.05, 4.69) is 23.7 Å². The van der Waals surface area contributed by atoms with Crippen molar-refractivity contribution < 1.29 is 5.11 Å². The number of aliphatic hydroxyl groups is 1. The van der Waals surface area contributed by atoms with E-state index in [4.69, 9.17) is 0 Å². The van der Waals surface area contributed by atoms with E-state index in [1.165, 1.54) is 0 Å². The standard InChI is InChI=1S/C14H24N2O/c1-4-7-14(17)11-16(5-2)10-13-9-6-8-12(3)15-13/h6,8-9,14,17H,4-5,7,10-11H2,1-3H3. The Labute approximate surface area is 104 Å². The molecule has 0 saturated carbocycles. The fourth-order valence-electron chi connectivity index (χ4n) is 1.94. The lowest BCUT2D eigenvalue weighted by Crippen LogP contribution is -2.32. The molecule has 0 fully saturated rings. The molecule has 17 heavy (non-hydrogen) atoms. The van der Waals surface area contributed by atoms with Gasteiger partial charge in [-0.2, -0.15) is 0 Å². The summed E-state index contributed by atoms with van der Waals surface area (Å²) in [6.45, 7) is 8.72. The van der Waals surface area contributed by atoms with Crippen LogP contribution in [0.25, 0.3) is 0 Å². The van der Waals surface area contributed by atoms with Crippen LogP contribution in [0.5, 0.6) is 0 Å². The third kappa shape index (κ3) is 5.29. The van der Waals surface area contributed by atoms with Gasteiger partial charge < -0.3 is 5.11 Å². The van der Waals surface area contributed by atoms with Gasteiger partial charge in [0, 0.05) is 18.8 Å². The summed E-state index contributed by atoms with van der Waals surface area (Å²) in [5, 5.41) is 9.82. The number of aryl methyl sites for hydroxylation is 1. The Morgan fingerprint density at radius 2 is 2.12 bits per heavy atom. The Hall–Kier alpha value is -0.930. The average molecular weight is 236 g/mol. The summed E-state index contributed by atoms with van der Waals surface area (Å²) in [4.78, 5) is 6.73. The minimum absolute atomic E-state index is 0.218. The van der Waals surface area contributed by atoms with Gasteiger partial charge in [0.2, 0.25) is 0 Å². The van der Waals surface area contributed by atoms with Gasteiger partial charge in [0.15, 0.2) is 0 Å². The zero-order valence-corrected chi connectivity index (χ0v) is 11.2. The van der Waals surface area contributed by atoms with Gasteiger partial charge in [-0.1, -0.05) is 26.3 Å². The van der Waals surface area contributed by atoms with E-state index in [1.54, 1.807) is 0 Å². The molecule has 3 heteroatoms. The molecule has 1 aromatic heterocycles. The summed E-state index contributed by atoms with van der Waals surface area (Å²) in [6, 6.07) is 6.08. The lowest BCUT2D eigenvalue weighted by molar-refractivity contribution is 0.103. The predicted molar refractivity (Wildman–Crippen MR) is 70.8 cm³/mol. The van der Waals surface area contributed by atoms with Gasteiger partial charge in [-0.05, 0) is 32.0 Å². The minimum Gasteiger partial charge on any atom is -0.392 e. The van der Waals surface area contributed by atoms with Gasteiger partial charge in [0.25, 0.3) is 0 Å². The van der Waals surface area contributed by atoms with E-state index >= 15 is 0 Å². The smallest absolute Gasteiger partial charge is 0.0667 e. The molecule has 0 aliphatic heterocycles. The zero-order chi connectivity index (χ0) is 12.7. The summed E-state index contributed by atoms with van der Waals surface area (Å²) in [7, 11) is 0. The molecule has 0 aliphatic carbocycles. The van der Waals surface area contributed by atoms with Crippen LogP contribution < -0.4 is 0 Å². The first-order chi connectivity index (χ1) is 8.15. The number of rotatable bonds is 7. The van der Waals surface area contributed by atoms with Gasteiger partial charge in [0.05, 0.1) is 11.8 Å². The highest BCUT2D eigenvalue weighted by molar-refractivity contribution is 5.09. The topological polar surface area (TPSA) is 36.4 Å². The molecule has 0 bridgehead atoms. The van der Waals surface area contributed by atoms with Crippen molar-refractivity contribution in [3.8, 4) is 0 Å². The quantitative estimate of drug-likeness (QED) is 0.789. The second kappa shape index (κ2) is 7.41. The average Bonchev–Trinajstić information content (AvgIpc) is 2.28. The molecule has 1 rings (SSSR count). The Bertz CT molecular complexity index is 328. The molecular formula is C14H24N2O. The summed E-state index contributed by atoms with van der Waals surface area (Å²) in [5.41, 5.74) is 2.13. The van der Waals surface area contributed by atoms with Crippen LogP contribution in [0.3, 0.4) is 0 Å². The molecule has 0 saturated heterocycles. The molecule has 0 aliphatic rings. The van der Waals surface area contributed by atoms with Gasteiger partial charge in [-0.3, -0.25) is 9.88 Å². The predicted octanol–water partition coefficient (Wildman–Crippen LogP) is 2.37. The van der Waals surface area contributed by atoms with E-state index in [-0.39, 0.29) is 6.10 Å². The van der Waals surface area contributed by atoms with Crippen LogP contribution in [0.4, 0.5) is 0 Å². The van der Waals surface area contributed by atoms with E-state index in [0.29, 0.717) is 0 Å². The Kier molecular flexibility index (Phi) is 6.16. The molecule has 0 amide bonds. The second-order valence-electron chi connectivity index (χ2n) is 4.54. The molecule has 0 radical (unpaired) electrons. The maximum atomic E-state index is 9.82. The maximum absolute atomic E-state index is 9.82. The molecule has 1 N–H and O–H groups in total. The van der Waals surface area contributed by atoms with Crippen LogP contribution in [-0.4, -0.2) is 34.2 Å². The van der Waals surface area contributed by atoms with Crippen molar-refractivity contribution in [1.29, 1.82) is 0 Å². The molecular weight excluding hydrogens is 212 g/mol. The van der Waals surface area contributed by atoms with Crippen LogP contribution in [0.2, 0.25) is 0 Å². The molecule has 1 unspecified atom stereocenters. The number of nitrogens with zero attached hydrogens (tertiary/aromatic N) is 2. The zero-order valence-electron chi connectivity index (χ0n) is 11.2. The highest BCUT2D eigenvalue weighted by Crippen LogP contribution is 2.06. The first kappa shape index (κ1) is 14.1. The number of aliphatic hydroxyl groups excluding tert-OH is 1. The van der Waals surface area contributed by atoms with Crippen LogP contribution in [0, 0.1) is 6.92 Å². The minimum atomic E-state index is -0.218. The number of pyridine rings is 1. The van der Waals surface area contributed by atoms with Gasteiger partial charge >= 0.3 is 0 Å². The lowest BCUT2D eigenvalue weighted by atomic mass is 10.2. The third-order valence-corrected chi connectivity index (χ3v) is 2.87. The highest BCUT2D eigenvalue weighted by atomic mass is 16.3. The van der Waals surface area contributed by atoms with E-state index < -0.39 is 0 Å². The molecule has 1 atom stereocenters. The monoisotopic (exact) mass is 236 g/mol. The van der Waals surface area contributed by atoms with E-state index in [1.807, 2.05) is 25.1 Å². The fourth-order valence-corrected chi connectivity index (χ4v) is 1.94. The van der Waals surface area contributed by atoms with Gasteiger partial charge in [0.1, 0.15) is 0 Å². The summed E-state index contributed by atoms with van der Waals surface area (Å²) in [6.07, 6.45) is 1.68. The number of likely N-dealkylation sites (N-methyl/N-ethyl adjacent to an activating group) is 1. The first-order valence-electron chi connectivity index (χ1n) is 6.48. The van der Waals surface area contributed by atoms with Crippen molar-refractivity contribution in [3.05, 3.63) is 29.6 Å². The first-order valence-corrected chi connectivity index (χ1v) is 6.48. The van der Waals surface area contributed by atoms with Crippen LogP contribution in [0.15, 0.2) is 18.2 Å². The van der Waals surface area contributed by atoms with Crippen molar-refractivity contribution in [1.82, 2.24) is 9.88 Å². The second-order valence-corrected chi connectivity index (χ2v) is 4.54. The normalized spacial score (nSPS) is 13.0. The van der Waals surface area contributed by atoms with Crippen molar-refractivity contribution in [2.45, 2.75) is 46.3 Å². The summed E-state index contributed by atoms with van der Waals surface area (Å²) in [5.74, 6) is 0. The van der Waals surface area contributed by atoms with Crippen LogP contribution in [-0.2, 0) is 6.54 Å². The van der Waals surface area contributed by atoms with Crippen molar-refractivity contribution in [2.75, 3.05) is 13.1 Å². The van der Waals surface area contributed by atoms with Gasteiger partial charge in [-0.15, -0.1) is 0 Å². The summed E-state index contributed by atoms with van der Waals surface area (Å²) < 4.78 is 0. The molecule has 1 aromatic rings. The molecule has 96 valence electrons. The Morgan fingerprint density at radius 3 is 2.71 bits per heavy atom. The Morgan fingerprint density at radius 1 is 1.35 bits per heavy atom. The summed E-state index contributed by atoms with van der Waals surface area (Å²) >= 11 is 0. The van der Waals surface area contributed by atoms with Gasteiger partial charge in [-0.25, -0.2) is 0 Å². The van der Waals surface area contributed by atoms with Crippen molar-refractivity contribution in [3.63, 3.8) is 0 Å². The SMILES string of the molecule is CCCC(O)CN(CC)Cc1cccc(C)n1. The fraction of sp³-hybridized carbons (Fsp3) is 0.643. The van der Waals surface area contributed by atoms with Crippen LogP contribution >= 0.6 is 0 Å². The highest BCUT2D eigenvalue weighted by Gasteiger charge is 2.10. The Balaban J connectivity index is 2.51. The van der Waals surface area contributed by atoms with Crippen molar-refractivity contribution in [2.24, 2.45) is 0 Å². The maximum Gasteiger partial charge on any atom is 0.0667 e. The van der Waals surface area contributed by atoms with Crippen molar-refractivity contribution >= 4 is 0 Å². The van der Waals surface area contributed by atoms with E-state index in [9.17, 15) is 5.11 Å². The number of hydrogen-bond acceptors (Lipinski definition) is 3. The lowest BCUT2D eigenvalue weighted by Gasteiger charge is -2.23. The van der Waals surface area contributed by atoms with Crippen LogP contribution in [0.1, 0.15) is 38.1 Å². The van der Waals surface area contributed by atoms with E-state index in [0.717, 1.165) is 43.9 Å². The number of aromatic nitrogens is 1. The molecule has 3 nitrogen and oxygen atoms in total.